The van der Waals surface area contributed by atoms with Gasteiger partial charge in [-0.05, 0) is 30.7 Å². The van der Waals surface area contributed by atoms with E-state index < -0.39 is 11.8 Å². The van der Waals surface area contributed by atoms with Crippen LogP contribution in [0.5, 0.6) is 0 Å². The Balaban J connectivity index is 1.85. The van der Waals surface area contributed by atoms with Crippen molar-refractivity contribution in [3.05, 3.63) is 53.3 Å². The summed E-state index contributed by atoms with van der Waals surface area (Å²) in [4.78, 5) is 37.6. The van der Waals surface area contributed by atoms with Gasteiger partial charge in [0.1, 0.15) is 0 Å². The fourth-order valence-electron chi connectivity index (χ4n) is 2.33. The van der Waals surface area contributed by atoms with Gasteiger partial charge in [-0.2, -0.15) is 10.2 Å². The first-order chi connectivity index (χ1) is 11.1. The van der Waals surface area contributed by atoms with E-state index in [2.05, 4.69) is 15.5 Å². The van der Waals surface area contributed by atoms with E-state index in [1.807, 2.05) is 6.92 Å². The average molecular weight is 310 g/mol. The van der Waals surface area contributed by atoms with E-state index in [1.54, 1.807) is 24.3 Å². The number of hydrogen-bond acceptors (Lipinski definition) is 5. The third-order valence-corrected chi connectivity index (χ3v) is 3.52. The predicted molar refractivity (Wildman–Crippen MR) is 82.2 cm³/mol. The summed E-state index contributed by atoms with van der Waals surface area (Å²) in [6.45, 7) is 2.56. The molecule has 23 heavy (non-hydrogen) atoms. The van der Waals surface area contributed by atoms with Gasteiger partial charge in [-0.1, -0.05) is 6.92 Å². The molecule has 0 saturated heterocycles. The Bertz CT molecular complexity index is 751. The Labute approximate surface area is 132 Å². The third-order valence-electron chi connectivity index (χ3n) is 3.52. The number of fused-ring (bicyclic) bond motifs is 1. The maximum Gasteiger partial charge on any atom is 0.267 e. The minimum Gasteiger partial charge on any atom is -0.352 e. The van der Waals surface area contributed by atoms with E-state index in [-0.39, 0.29) is 17.0 Å². The zero-order valence-electron chi connectivity index (χ0n) is 12.4. The molecule has 1 aliphatic heterocycles. The Morgan fingerprint density at radius 1 is 1.04 bits per heavy atom. The van der Waals surface area contributed by atoms with Crippen LogP contribution in [-0.2, 0) is 0 Å². The first-order valence-electron chi connectivity index (χ1n) is 7.21. The number of nitrogens with one attached hydrogen (secondary N) is 1. The van der Waals surface area contributed by atoms with Crippen molar-refractivity contribution in [3.8, 4) is 0 Å². The number of anilines is 1. The second-order valence-corrected chi connectivity index (χ2v) is 5.06. The number of benzene rings is 1. The highest BCUT2D eigenvalue weighted by atomic mass is 16.2. The molecule has 116 valence electrons. The molecule has 0 bridgehead atoms. The first-order valence-corrected chi connectivity index (χ1v) is 7.21. The third kappa shape index (κ3) is 2.57. The molecule has 2 heterocycles. The first kappa shape index (κ1) is 14.8. The summed E-state index contributed by atoms with van der Waals surface area (Å²) in [6, 6.07) is 6.31. The highest BCUT2D eigenvalue weighted by molar-refractivity contribution is 6.34. The number of aromatic nitrogens is 2. The number of imide groups is 1. The van der Waals surface area contributed by atoms with Gasteiger partial charge in [-0.15, -0.1) is 0 Å². The summed E-state index contributed by atoms with van der Waals surface area (Å²) >= 11 is 0. The molecule has 0 spiro atoms. The van der Waals surface area contributed by atoms with E-state index >= 15 is 0 Å². The number of rotatable bonds is 4. The lowest BCUT2D eigenvalue weighted by Gasteiger charge is -2.14. The second-order valence-electron chi connectivity index (χ2n) is 5.06. The Kier molecular flexibility index (Phi) is 3.84. The molecule has 0 radical (unpaired) electrons. The van der Waals surface area contributed by atoms with Crippen LogP contribution in [-0.4, -0.2) is 34.5 Å². The molecule has 1 N–H and O–H groups in total. The molecule has 3 amide bonds. The van der Waals surface area contributed by atoms with Crippen molar-refractivity contribution >= 4 is 23.4 Å². The molecule has 0 atom stereocenters. The molecular formula is C16H14N4O3. The molecule has 7 heteroatoms. The lowest BCUT2D eigenvalue weighted by atomic mass is 10.2. The maximum absolute atomic E-state index is 12.3. The van der Waals surface area contributed by atoms with Crippen LogP contribution in [0.25, 0.3) is 0 Å². The van der Waals surface area contributed by atoms with Crippen LogP contribution in [0.4, 0.5) is 5.69 Å². The number of hydrogen-bond donors (Lipinski definition) is 1. The molecule has 3 rings (SSSR count). The number of amides is 3. The van der Waals surface area contributed by atoms with Crippen molar-refractivity contribution in [2.45, 2.75) is 13.3 Å². The van der Waals surface area contributed by atoms with Crippen molar-refractivity contribution in [2.75, 3.05) is 11.4 Å². The summed E-state index contributed by atoms with van der Waals surface area (Å²) < 4.78 is 0. The fourth-order valence-corrected chi connectivity index (χ4v) is 2.33. The normalized spacial score (nSPS) is 13.2. The lowest BCUT2D eigenvalue weighted by Crippen LogP contribution is -2.29. The molecule has 0 unspecified atom stereocenters. The van der Waals surface area contributed by atoms with E-state index in [4.69, 9.17) is 0 Å². The number of carbonyl (C=O) groups excluding carboxylic acids is 3. The molecule has 0 fully saturated rings. The average Bonchev–Trinajstić information content (AvgIpc) is 2.84. The molecule has 1 aromatic heterocycles. The van der Waals surface area contributed by atoms with Gasteiger partial charge in [0.05, 0.1) is 29.2 Å². The SMILES string of the molecule is CCCNC(=O)c1ccc(N2C(=O)c3cnncc3C2=O)cc1. The minimum atomic E-state index is -0.442. The summed E-state index contributed by atoms with van der Waals surface area (Å²) in [5.74, 6) is -1.07. The van der Waals surface area contributed by atoms with Crippen molar-refractivity contribution in [1.29, 1.82) is 0 Å². The standard InChI is InChI=1S/C16H14N4O3/c1-2-7-17-14(21)10-3-5-11(6-4-10)20-15(22)12-8-18-19-9-13(12)16(20)23/h3-6,8-9H,2,7H2,1H3,(H,17,21). The zero-order chi connectivity index (χ0) is 16.4. The van der Waals surface area contributed by atoms with Crippen LogP contribution in [0.1, 0.15) is 44.4 Å². The topological polar surface area (TPSA) is 92.3 Å². The van der Waals surface area contributed by atoms with Gasteiger partial charge < -0.3 is 5.32 Å². The van der Waals surface area contributed by atoms with E-state index in [9.17, 15) is 14.4 Å². The molecule has 1 aliphatic rings. The van der Waals surface area contributed by atoms with E-state index in [1.165, 1.54) is 12.4 Å². The summed E-state index contributed by atoms with van der Waals surface area (Å²) in [5, 5.41) is 10.0. The summed E-state index contributed by atoms with van der Waals surface area (Å²) in [6.07, 6.45) is 3.41. The van der Waals surface area contributed by atoms with Crippen LogP contribution in [0.2, 0.25) is 0 Å². The van der Waals surface area contributed by atoms with Gasteiger partial charge in [0.15, 0.2) is 0 Å². The van der Waals surface area contributed by atoms with Crippen LogP contribution in [0.15, 0.2) is 36.7 Å². The van der Waals surface area contributed by atoms with Crippen LogP contribution in [0, 0.1) is 0 Å². The predicted octanol–water partition coefficient (Wildman–Crippen LogP) is 1.42. The van der Waals surface area contributed by atoms with E-state index in [0.717, 1.165) is 11.3 Å². The molecule has 7 nitrogen and oxygen atoms in total. The molecule has 1 aromatic carbocycles. The molecular weight excluding hydrogens is 296 g/mol. The number of carbonyl (C=O) groups is 3. The summed E-state index contributed by atoms with van der Waals surface area (Å²) in [7, 11) is 0. The van der Waals surface area contributed by atoms with Crippen molar-refractivity contribution in [1.82, 2.24) is 15.5 Å². The van der Waals surface area contributed by atoms with Gasteiger partial charge in [0.2, 0.25) is 0 Å². The van der Waals surface area contributed by atoms with Gasteiger partial charge in [0, 0.05) is 12.1 Å². The van der Waals surface area contributed by atoms with Gasteiger partial charge >= 0.3 is 0 Å². The van der Waals surface area contributed by atoms with Crippen LogP contribution < -0.4 is 10.2 Å². The zero-order valence-corrected chi connectivity index (χ0v) is 12.4. The molecule has 0 saturated carbocycles. The van der Waals surface area contributed by atoms with Gasteiger partial charge in [0.25, 0.3) is 17.7 Å². The van der Waals surface area contributed by atoms with Gasteiger partial charge in [-0.3, -0.25) is 14.4 Å². The number of nitrogens with zero attached hydrogens (tertiary/aromatic N) is 3. The largest absolute Gasteiger partial charge is 0.352 e. The van der Waals surface area contributed by atoms with E-state index in [0.29, 0.717) is 17.8 Å². The maximum atomic E-state index is 12.3. The Morgan fingerprint density at radius 2 is 1.61 bits per heavy atom. The van der Waals surface area contributed by atoms with Crippen LogP contribution >= 0.6 is 0 Å². The molecule has 0 aliphatic carbocycles. The Morgan fingerprint density at radius 3 is 2.13 bits per heavy atom. The minimum absolute atomic E-state index is 0.186. The second kappa shape index (κ2) is 5.96. The highest BCUT2D eigenvalue weighted by Crippen LogP contribution is 2.27. The fraction of sp³-hybridized carbons (Fsp3) is 0.188. The summed E-state index contributed by atoms with van der Waals surface area (Å²) in [5.41, 5.74) is 1.34. The lowest BCUT2D eigenvalue weighted by molar-refractivity contribution is 0.0923. The van der Waals surface area contributed by atoms with Crippen molar-refractivity contribution in [2.24, 2.45) is 0 Å². The smallest absolute Gasteiger partial charge is 0.267 e. The van der Waals surface area contributed by atoms with Crippen molar-refractivity contribution < 1.29 is 14.4 Å². The quantitative estimate of drug-likeness (QED) is 0.862. The van der Waals surface area contributed by atoms with Crippen molar-refractivity contribution in [3.63, 3.8) is 0 Å². The Hall–Kier alpha value is -3.09. The van der Waals surface area contributed by atoms with Crippen LogP contribution in [0.3, 0.4) is 0 Å². The molecule has 2 aromatic rings. The van der Waals surface area contributed by atoms with Gasteiger partial charge in [-0.25, -0.2) is 4.90 Å². The highest BCUT2D eigenvalue weighted by Gasteiger charge is 2.37. The monoisotopic (exact) mass is 310 g/mol.